The van der Waals surface area contributed by atoms with Crippen LogP contribution in [0.5, 0.6) is 0 Å². The van der Waals surface area contributed by atoms with Crippen molar-refractivity contribution in [1.82, 2.24) is 0 Å². The zero-order valence-electron chi connectivity index (χ0n) is 10.3. The first-order valence-electron chi connectivity index (χ1n) is 5.75. The molecular formula is C14H15N5. The molecule has 0 amide bonds. The number of nitrogen functional groups attached to an aromatic ring is 1. The van der Waals surface area contributed by atoms with Crippen molar-refractivity contribution in [2.75, 3.05) is 5.73 Å². The lowest BCUT2D eigenvalue weighted by atomic mass is 10.0. The second kappa shape index (κ2) is 5.68. The van der Waals surface area contributed by atoms with Gasteiger partial charge in [0.2, 0.25) is 5.96 Å². The van der Waals surface area contributed by atoms with Crippen LogP contribution in [0.4, 0.5) is 5.69 Å². The summed E-state index contributed by atoms with van der Waals surface area (Å²) in [6, 6.07) is 17.1. The molecule has 0 radical (unpaired) electrons. The Kier molecular flexibility index (Phi) is 3.78. The summed E-state index contributed by atoms with van der Waals surface area (Å²) in [6.45, 7) is 0. The molecule has 0 bridgehead atoms. The van der Waals surface area contributed by atoms with E-state index in [2.05, 4.69) is 10.2 Å². The highest BCUT2D eigenvalue weighted by Crippen LogP contribution is 2.14. The van der Waals surface area contributed by atoms with Gasteiger partial charge in [-0.05, 0) is 12.1 Å². The molecule has 0 aliphatic rings. The zero-order chi connectivity index (χ0) is 13.7. The molecule has 0 unspecified atom stereocenters. The van der Waals surface area contributed by atoms with Crippen molar-refractivity contribution in [2.45, 2.75) is 0 Å². The molecule has 19 heavy (non-hydrogen) atoms. The Morgan fingerprint density at radius 2 is 1.47 bits per heavy atom. The van der Waals surface area contributed by atoms with Gasteiger partial charge in [0.1, 0.15) is 5.71 Å². The van der Waals surface area contributed by atoms with Gasteiger partial charge in [-0.3, -0.25) is 0 Å². The van der Waals surface area contributed by atoms with Crippen LogP contribution in [0.25, 0.3) is 0 Å². The van der Waals surface area contributed by atoms with E-state index in [9.17, 15) is 0 Å². The summed E-state index contributed by atoms with van der Waals surface area (Å²) in [5.74, 6) is -0.0858. The van der Waals surface area contributed by atoms with Gasteiger partial charge < -0.3 is 17.2 Å². The van der Waals surface area contributed by atoms with Crippen LogP contribution in [-0.2, 0) is 0 Å². The van der Waals surface area contributed by atoms with Crippen molar-refractivity contribution in [2.24, 2.45) is 21.7 Å². The van der Waals surface area contributed by atoms with Gasteiger partial charge in [-0.15, -0.1) is 10.2 Å². The third kappa shape index (κ3) is 3.32. The molecular weight excluding hydrogens is 238 g/mol. The van der Waals surface area contributed by atoms with E-state index in [0.29, 0.717) is 11.4 Å². The fourth-order valence-corrected chi connectivity index (χ4v) is 1.67. The lowest BCUT2D eigenvalue weighted by Crippen LogP contribution is -2.22. The standard InChI is InChI=1S/C14H15N5/c15-12-8-4-7-11(9-12)13(18-19-14(16)17)10-5-2-1-3-6-10/h1-9H,15H2,(H4,16,17,19)/b18-13-. The van der Waals surface area contributed by atoms with Crippen LogP contribution in [-0.4, -0.2) is 11.7 Å². The third-order valence-corrected chi connectivity index (χ3v) is 2.47. The summed E-state index contributed by atoms with van der Waals surface area (Å²) >= 11 is 0. The second-order valence-electron chi connectivity index (χ2n) is 3.96. The molecule has 96 valence electrons. The molecule has 0 aliphatic carbocycles. The zero-order valence-corrected chi connectivity index (χ0v) is 10.3. The van der Waals surface area contributed by atoms with Gasteiger partial charge in [0, 0.05) is 16.8 Å². The Labute approximate surface area is 111 Å². The van der Waals surface area contributed by atoms with Crippen molar-refractivity contribution in [3.63, 3.8) is 0 Å². The molecule has 2 aromatic rings. The highest BCUT2D eigenvalue weighted by molar-refractivity contribution is 6.13. The van der Waals surface area contributed by atoms with Gasteiger partial charge >= 0.3 is 0 Å². The summed E-state index contributed by atoms with van der Waals surface area (Å²) in [7, 11) is 0. The predicted octanol–water partition coefficient (Wildman–Crippen LogP) is 1.29. The Morgan fingerprint density at radius 1 is 0.789 bits per heavy atom. The van der Waals surface area contributed by atoms with Gasteiger partial charge in [-0.25, -0.2) is 0 Å². The van der Waals surface area contributed by atoms with Crippen molar-refractivity contribution >= 4 is 17.4 Å². The number of hydrogen-bond donors (Lipinski definition) is 3. The van der Waals surface area contributed by atoms with Crippen molar-refractivity contribution in [3.8, 4) is 0 Å². The number of benzene rings is 2. The topological polar surface area (TPSA) is 103 Å². The number of hydrogen-bond acceptors (Lipinski definition) is 3. The number of guanidine groups is 1. The molecule has 0 atom stereocenters. The Hall–Kier alpha value is -2.82. The lowest BCUT2D eigenvalue weighted by Gasteiger charge is -2.06. The predicted molar refractivity (Wildman–Crippen MR) is 78.7 cm³/mol. The van der Waals surface area contributed by atoms with Crippen LogP contribution in [0, 0.1) is 0 Å². The molecule has 2 aromatic carbocycles. The first-order valence-corrected chi connectivity index (χ1v) is 5.75. The second-order valence-corrected chi connectivity index (χ2v) is 3.96. The quantitative estimate of drug-likeness (QED) is 0.332. The summed E-state index contributed by atoms with van der Waals surface area (Å²) in [5, 5.41) is 7.83. The van der Waals surface area contributed by atoms with E-state index in [1.165, 1.54) is 0 Å². The Balaban J connectivity index is 2.53. The number of nitrogens with zero attached hydrogens (tertiary/aromatic N) is 2. The van der Waals surface area contributed by atoms with Crippen molar-refractivity contribution in [3.05, 3.63) is 65.7 Å². The molecule has 5 nitrogen and oxygen atoms in total. The van der Waals surface area contributed by atoms with E-state index < -0.39 is 0 Å². The maximum absolute atomic E-state index is 5.79. The molecule has 0 aromatic heterocycles. The molecule has 0 saturated heterocycles. The normalized spacial score (nSPS) is 11.1. The summed E-state index contributed by atoms with van der Waals surface area (Å²) in [4.78, 5) is 0. The van der Waals surface area contributed by atoms with Crippen LogP contribution >= 0.6 is 0 Å². The molecule has 0 aliphatic heterocycles. The van der Waals surface area contributed by atoms with Crippen molar-refractivity contribution in [1.29, 1.82) is 0 Å². The van der Waals surface area contributed by atoms with Crippen LogP contribution < -0.4 is 17.2 Å². The number of nitrogens with two attached hydrogens (primary N) is 3. The minimum Gasteiger partial charge on any atom is -0.399 e. The SMILES string of the molecule is NC(N)=N/N=C(/c1ccccc1)c1cccc(N)c1. The number of rotatable bonds is 3. The molecule has 0 spiro atoms. The number of anilines is 1. The first kappa shape index (κ1) is 12.6. The molecule has 6 N–H and O–H groups in total. The lowest BCUT2D eigenvalue weighted by molar-refractivity contribution is 1.20. The minimum absolute atomic E-state index is 0.0858. The fraction of sp³-hybridized carbons (Fsp3) is 0. The van der Waals surface area contributed by atoms with Crippen molar-refractivity contribution < 1.29 is 0 Å². The van der Waals surface area contributed by atoms with Crippen LogP contribution in [0.1, 0.15) is 11.1 Å². The Bertz CT molecular complexity index is 613. The summed E-state index contributed by atoms with van der Waals surface area (Å²) in [6.07, 6.45) is 0. The van der Waals surface area contributed by atoms with Gasteiger partial charge in [0.15, 0.2) is 0 Å². The van der Waals surface area contributed by atoms with E-state index in [1.54, 1.807) is 0 Å². The van der Waals surface area contributed by atoms with E-state index >= 15 is 0 Å². The van der Waals surface area contributed by atoms with Crippen LogP contribution in [0.3, 0.4) is 0 Å². The summed E-state index contributed by atoms with van der Waals surface area (Å²) in [5.41, 5.74) is 19.5. The van der Waals surface area contributed by atoms with Gasteiger partial charge in [0.05, 0.1) is 0 Å². The monoisotopic (exact) mass is 253 g/mol. The van der Waals surface area contributed by atoms with Gasteiger partial charge in [0.25, 0.3) is 0 Å². The van der Waals surface area contributed by atoms with Crippen LogP contribution in [0.15, 0.2) is 64.8 Å². The first-order chi connectivity index (χ1) is 9.16. The highest BCUT2D eigenvalue weighted by Gasteiger charge is 2.07. The fourth-order valence-electron chi connectivity index (χ4n) is 1.67. The molecule has 2 rings (SSSR count). The molecule has 5 heteroatoms. The molecule has 0 saturated carbocycles. The third-order valence-electron chi connectivity index (χ3n) is 2.47. The largest absolute Gasteiger partial charge is 0.399 e. The van der Waals surface area contributed by atoms with E-state index in [-0.39, 0.29) is 5.96 Å². The Morgan fingerprint density at radius 3 is 2.11 bits per heavy atom. The maximum Gasteiger partial charge on any atom is 0.211 e. The van der Waals surface area contributed by atoms with E-state index in [4.69, 9.17) is 17.2 Å². The average molecular weight is 253 g/mol. The maximum atomic E-state index is 5.79. The van der Waals surface area contributed by atoms with Crippen LogP contribution in [0.2, 0.25) is 0 Å². The minimum atomic E-state index is -0.0858. The van der Waals surface area contributed by atoms with E-state index in [1.807, 2.05) is 54.6 Å². The summed E-state index contributed by atoms with van der Waals surface area (Å²) < 4.78 is 0. The molecule has 0 heterocycles. The van der Waals surface area contributed by atoms with E-state index in [0.717, 1.165) is 11.1 Å². The smallest absolute Gasteiger partial charge is 0.211 e. The van der Waals surface area contributed by atoms with Gasteiger partial charge in [-0.2, -0.15) is 0 Å². The average Bonchev–Trinajstić information content (AvgIpc) is 2.40. The highest BCUT2D eigenvalue weighted by atomic mass is 15.3. The van der Waals surface area contributed by atoms with Gasteiger partial charge in [-0.1, -0.05) is 42.5 Å². The molecule has 0 fully saturated rings.